The minimum atomic E-state index is 0.587. The van der Waals surface area contributed by atoms with Crippen molar-refractivity contribution in [1.29, 1.82) is 0 Å². The molecular weight excluding hydrogens is 302 g/mol. The largest absolute Gasteiger partial charge is 0.355 e. The van der Waals surface area contributed by atoms with E-state index >= 15 is 0 Å². The van der Waals surface area contributed by atoms with Gasteiger partial charge < -0.3 is 4.90 Å². The summed E-state index contributed by atoms with van der Waals surface area (Å²) in [5.41, 5.74) is 1.35. The Hall–Kier alpha value is -2.70. The molecule has 3 aromatic heterocycles. The van der Waals surface area contributed by atoms with Crippen molar-refractivity contribution in [2.45, 2.75) is 32.2 Å². The summed E-state index contributed by atoms with van der Waals surface area (Å²) in [7, 11) is 0. The molecule has 7 heteroatoms. The van der Waals surface area contributed by atoms with Crippen molar-refractivity contribution in [1.82, 2.24) is 29.5 Å². The molecule has 0 unspecified atom stereocenters. The first-order valence-electron chi connectivity index (χ1n) is 8.43. The smallest absolute Gasteiger partial charge is 0.173 e. The standard InChI is InChI=1S/C17H21N7/c1-2-23-13-15(10-20-23)14-4-8-22(9-5-14)16-11-18-12-17(21-16)24-7-3-6-19-24/h3,6-7,10-14H,2,4-5,8-9H2,1H3. The highest BCUT2D eigenvalue weighted by molar-refractivity contribution is 5.40. The first-order chi connectivity index (χ1) is 11.8. The van der Waals surface area contributed by atoms with E-state index in [0.717, 1.165) is 44.1 Å². The average molecular weight is 323 g/mol. The summed E-state index contributed by atoms with van der Waals surface area (Å²) in [4.78, 5) is 11.3. The van der Waals surface area contributed by atoms with Crippen LogP contribution in [0.2, 0.25) is 0 Å². The van der Waals surface area contributed by atoms with Gasteiger partial charge in [-0.25, -0.2) is 9.67 Å². The SMILES string of the molecule is CCn1cc(C2CCN(c3cncc(-n4cccn4)n3)CC2)cn1. The van der Waals surface area contributed by atoms with E-state index in [4.69, 9.17) is 4.98 Å². The van der Waals surface area contributed by atoms with Gasteiger partial charge in [-0.3, -0.25) is 9.67 Å². The molecule has 4 rings (SSSR count). The molecule has 0 N–H and O–H groups in total. The second-order valence-electron chi connectivity index (χ2n) is 6.08. The maximum atomic E-state index is 4.70. The molecule has 1 aliphatic heterocycles. The van der Waals surface area contributed by atoms with Gasteiger partial charge in [0.1, 0.15) is 5.82 Å². The molecule has 7 nitrogen and oxygen atoms in total. The third-order valence-electron chi connectivity index (χ3n) is 4.62. The predicted molar refractivity (Wildman–Crippen MR) is 91.2 cm³/mol. The highest BCUT2D eigenvalue weighted by atomic mass is 15.3. The fraction of sp³-hybridized carbons (Fsp3) is 0.412. The van der Waals surface area contributed by atoms with Gasteiger partial charge in [-0.1, -0.05) is 0 Å². The zero-order chi connectivity index (χ0) is 16.4. The quantitative estimate of drug-likeness (QED) is 0.737. The molecule has 0 radical (unpaired) electrons. The Labute approximate surface area is 141 Å². The Morgan fingerprint density at radius 2 is 1.92 bits per heavy atom. The van der Waals surface area contributed by atoms with E-state index in [9.17, 15) is 0 Å². The number of nitrogens with zero attached hydrogens (tertiary/aromatic N) is 7. The van der Waals surface area contributed by atoms with Crippen molar-refractivity contribution in [2.24, 2.45) is 0 Å². The maximum Gasteiger partial charge on any atom is 0.173 e. The molecule has 4 heterocycles. The summed E-state index contributed by atoms with van der Waals surface area (Å²) in [6.07, 6.45) is 13.6. The van der Waals surface area contributed by atoms with Gasteiger partial charge in [0, 0.05) is 38.2 Å². The normalized spacial score (nSPS) is 15.8. The molecule has 0 saturated carbocycles. The molecule has 0 atom stereocenters. The van der Waals surface area contributed by atoms with Crippen molar-refractivity contribution in [3.8, 4) is 5.82 Å². The van der Waals surface area contributed by atoms with E-state index in [0.29, 0.717) is 5.92 Å². The molecule has 1 saturated heterocycles. The lowest BCUT2D eigenvalue weighted by Gasteiger charge is -2.32. The Balaban J connectivity index is 1.45. The van der Waals surface area contributed by atoms with Gasteiger partial charge in [-0.2, -0.15) is 10.2 Å². The van der Waals surface area contributed by atoms with Gasteiger partial charge in [-0.15, -0.1) is 0 Å². The second kappa shape index (κ2) is 6.43. The van der Waals surface area contributed by atoms with Gasteiger partial charge >= 0.3 is 0 Å². The lowest BCUT2D eigenvalue weighted by molar-refractivity contribution is 0.501. The van der Waals surface area contributed by atoms with Crippen LogP contribution in [-0.2, 0) is 6.54 Å². The minimum Gasteiger partial charge on any atom is -0.355 e. The number of aryl methyl sites for hydroxylation is 1. The number of piperidine rings is 1. The van der Waals surface area contributed by atoms with Crippen LogP contribution >= 0.6 is 0 Å². The fourth-order valence-corrected chi connectivity index (χ4v) is 3.22. The Morgan fingerprint density at radius 1 is 1.08 bits per heavy atom. The molecule has 0 aliphatic carbocycles. The number of aromatic nitrogens is 6. The highest BCUT2D eigenvalue weighted by Crippen LogP contribution is 2.29. The summed E-state index contributed by atoms with van der Waals surface area (Å²) in [6.45, 7) is 5.01. The van der Waals surface area contributed by atoms with Crippen LogP contribution in [0.15, 0.2) is 43.2 Å². The van der Waals surface area contributed by atoms with Gasteiger partial charge in [0.25, 0.3) is 0 Å². The topological polar surface area (TPSA) is 64.7 Å². The number of hydrogen-bond acceptors (Lipinski definition) is 5. The predicted octanol–water partition coefficient (Wildman–Crippen LogP) is 2.26. The molecule has 3 aromatic rings. The minimum absolute atomic E-state index is 0.587. The van der Waals surface area contributed by atoms with Crippen LogP contribution in [-0.4, -0.2) is 42.6 Å². The van der Waals surface area contributed by atoms with E-state index in [2.05, 4.69) is 33.2 Å². The maximum absolute atomic E-state index is 4.70. The zero-order valence-electron chi connectivity index (χ0n) is 13.8. The summed E-state index contributed by atoms with van der Waals surface area (Å²) in [5, 5.41) is 8.62. The van der Waals surface area contributed by atoms with Gasteiger partial charge in [-0.05, 0) is 37.3 Å². The molecule has 1 fully saturated rings. The van der Waals surface area contributed by atoms with Crippen LogP contribution in [0, 0.1) is 0 Å². The fourth-order valence-electron chi connectivity index (χ4n) is 3.22. The molecule has 0 aromatic carbocycles. The molecular formula is C17H21N7. The van der Waals surface area contributed by atoms with Crippen molar-refractivity contribution >= 4 is 5.82 Å². The molecule has 0 bridgehead atoms. The average Bonchev–Trinajstić information content (AvgIpc) is 3.34. The molecule has 124 valence electrons. The molecule has 24 heavy (non-hydrogen) atoms. The third kappa shape index (κ3) is 2.89. The van der Waals surface area contributed by atoms with Gasteiger partial charge in [0.2, 0.25) is 0 Å². The third-order valence-corrected chi connectivity index (χ3v) is 4.62. The summed E-state index contributed by atoms with van der Waals surface area (Å²) in [6, 6.07) is 1.89. The Morgan fingerprint density at radius 3 is 2.62 bits per heavy atom. The lowest BCUT2D eigenvalue weighted by atomic mass is 9.91. The van der Waals surface area contributed by atoms with Gasteiger partial charge in [0.15, 0.2) is 5.82 Å². The molecule has 1 aliphatic rings. The van der Waals surface area contributed by atoms with Crippen LogP contribution in [0.5, 0.6) is 0 Å². The van der Waals surface area contributed by atoms with E-state index < -0.39 is 0 Å². The highest BCUT2D eigenvalue weighted by Gasteiger charge is 2.23. The second-order valence-corrected chi connectivity index (χ2v) is 6.08. The van der Waals surface area contributed by atoms with E-state index in [-0.39, 0.29) is 0 Å². The van der Waals surface area contributed by atoms with Crippen molar-refractivity contribution < 1.29 is 0 Å². The van der Waals surface area contributed by atoms with Gasteiger partial charge in [0.05, 0.1) is 18.6 Å². The molecule has 0 amide bonds. The number of hydrogen-bond donors (Lipinski definition) is 0. The number of anilines is 1. The van der Waals surface area contributed by atoms with Crippen molar-refractivity contribution in [3.05, 3.63) is 48.8 Å². The Bertz CT molecular complexity index is 785. The van der Waals surface area contributed by atoms with Crippen molar-refractivity contribution in [2.75, 3.05) is 18.0 Å². The zero-order valence-corrected chi connectivity index (χ0v) is 13.8. The summed E-state index contributed by atoms with van der Waals surface area (Å²) in [5.74, 6) is 2.26. The van der Waals surface area contributed by atoms with E-state index in [1.165, 1.54) is 5.56 Å². The first-order valence-corrected chi connectivity index (χ1v) is 8.43. The first kappa shape index (κ1) is 14.9. The van der Waals surface area contributed by atoms with E-state index in [1.807, 2.05) is 29.3 Å². The molecule has 0 spiro atoms. The summed E-state index contributed by atoms with van der Waals surface area (Å²) < 4.78 is 3.74. The Kier molecular flexibility index (Phi) is 3.98. The van der Waals surface area contributed by atoms with Crippen LogP contribution in [0.25, 0.3) is 5.82 Å². The van der Waals surface area contributed by atoms with E-state index in [1.54, 1.807) is 17.1 Å². The van der Waals surface area contributed by atoms with Crippen LogP contribution < -0.4 is 4.90 Å². The van der Waals surface area contributed by atoms with Crippen LogP contribution in [0.1, 0.15) is 31.2 Å². The van der Waals surface area contributed by atoms with Crippen LogP contribution in [0.3, 0.4) is 0 Å². The van der Waals surface area contributed by atoms with Crippen molar-refractivity contribution in [3.63, 3.8) is 0 Å². The summed E-state index contributed by atoms with van der Waals surface area (Å²) >= 11 is 0. The lowest BCUT2D eigenvalue weighted by Crippen LogP contribution is -2.33. The number of rotatable bonds is 4. The monoisotopic (exact) mass is 323 g/mol. The van der Waals surface area contributed by atoms with Crippen LogP contribution in [0.4, 0.5) is 5.82 Å².